The summed E-state index contributed by atoms with van der Waals surface area (Å²) in [6, 6.07) is 10.3. The lowest BCUT2D eigenvalue weighted by molar-refractivity contribution is -0.163. The van der Waals surface area contributed by atoms with Gasteiger partial charge in [0.05, 0.1) is 0 Å². The van der Waals surface area contributed by atoms with Crippen LogP contribution in [0.1, 0.15) is 22.7 Å². The summed E-state index contributed by atoms with van der Waals surface area (Å²) < 4.78 is 40.0. The van der Waals surface area contributed by atoms with E-state index < -0.39 is 24.2 Å². The van der Waals surface area contributed by atoms with Gasteiger partial charge in [0.25, 0.3) is 0 Å². The molecule has 126 valence electrons. The van der Waals surface area contributed by atoms with Crippen LogP contribution >= 0.6 is 0 Å². The maximum Gasteiger partial charge on any atom is 0.412 e. The molecule has 24 heavy (non-hydrogen) atoms. The largest absolute Gasteiger partial charge is 0.412 e. The fourth-order valence-electron chi connectivity index (χ4n) is 2.95. The molecule has 3 rings (SSSR count). The molecule has 0 aliphatic carbocycles. The van der Waals surface area contributed by atoms with Crippen molar-refractivity contribution in [2.24, 2.45) is 0 Å². The number of hydrogen-bond acceptors (Lipinski definition) is 2. The van der Waals surface area contributed by atoms with Gasteiger partial charge in [-0.2, -0.15) is 13.2 Å². The third-order valence-electron chi connectivity index (χ3n) is 4.17. The van der Waals surface area contributed by atoms with Crippen LogP contribution in [-0.4, -0.2) is 18.1 Å². The highest BCUT2D eigenvalue weighted by molar-refractivity contribution is 5.88. The zero-order valence-corrected chi connectivity index (χ0v) is 13.0. The van der Waals surface area contributed by atoms with Gasteiger partial charge >= 0.3 is 6.18 Å². The van der Waals surface area contributed by atoms with Crippen LogP contribution in [0.25, 0.3) is 0 Å². The van der Waals surface area contributed by atoms with Crippen LogP contribution in [-0.2, 0) is 11.2 Å². The average Bonchev–Trinajstić information content (AvgIpc) is 2.98. The van der Waals surface area contributed by atoms with Crippen LogP contribution in [0.2, 0.25) is 0 Å². The Balaban J connectivity index is 1.77. The van der Waals surface area contributed by atoms with E-state index in [-0.39, 0.29) is 5.56 Å². The lowest BCUT2D eigenvalue weighted by Gasteiger charge is -2.24. The number of hydrogen-bond donors (Lipinski definition) is 2. The monoisotopic (exact) mass is 334 g/mol. The van der Waals surface area contributed by atoms with E-state index in [1.165, 1.54) is 24.3 Å². The van der Waals surface area contributed by atoms with Gasteiger partial charge in [0.1, 0.15) is 6.04 Å². The molecule has 0 spiro atoms. The summed E-state index contributed by atoms with van der Waals surface area (Å²) in [6.45, 7) is 1.90. The van der Waals surface area contributed by atoms with E-state index in [1.807, 2.05) is 25.1 Å². The van der Waals surface area contributed by atoms with Crippen LogP contribution in [0, 0.1) is 6.92 Å². The van der Waals surface area contributed by atoms with Gasteiger partial charge in [-0.3, -0.25) is 4.79 Å². The Morgan fingerprint density at radius 1 is 1.17 bits per heavy atom. The van der Waals surface area contributed by atoms with Gasteiger partial charge in [0, 0.05) is 12.1 Å². The number of carbonyl (C=O) groups is 1. The predicted octanol–water partition coefficient (Wildman–Crippen LogP) is 3.75. The summed E-state index contributed by atoms with van der Waals surface area (Å²) in [4.78, 5) is 12.4. The summed E-state index contributed by atoms with van der Waals surface area (Å²) in [5.41, 5.74) is 2.77. The lowest BCUT2D eigenvalue weighted by Crippen LogP contribution is -2.45. The van der Waals surface area contributed by atoms with Crippen molar-refractivity contribution in [3.8, 4) is 0 Å². The van der Waals surface area contributed by atoms with Crippen molar-refractivity contribution in [2.75, 3.05) is 5.32 Å². The Morgan fingerprint density at radius 2 is 1.88 bits per heavy atom. The van der Waals surface area contributed by atoms with Gasteiger partial charge < -0.3 is 10.6 Å². The summed E-state index contributed by atoms with van der Waals surface area (Å²) in [5.74, 6) is -0.656. The first kappa shape index (κ1) is 16.4. The van der Waals surface area contributed by atoms with Gasteiger partial charge in [-0.25, -0.2) is 0 Å². The molecule has 1 amide bonds. The van der Waals surface area contributed by atoms with Gasteiger partial charge in [-0.1, -0.05) is 48.5 Å². The van der Waals surface area contributed by atoms with Crippen molar-refractivity contribution in [1.82, 2.24) is 5.32 Å². The summed E-state index contributed by atoms with van der Waals surface area (Å²) in [7, 11) is 0. The van der Waals surface area contributed by atoms with Crippen molar-refractivity contribution < 1.29 is 18.0 Å². The number of alkyl halides is 3. The Hall–Kier alpha value is -2.50. The number of fused-ring (bicyclic) bond motifs is 1. The molecule has 0 fully saturated rings. The fourth-order valence-corrected chi connectivity index (χ4v) is 2.95. The minimum Gasteiger partial charge on any atom is -0.373 e. The topological polar surface area (TPSA) is 41.1 Å². The van der Waals surface area contributed by atoms with Gasteiger partial charge in [-0.15, -0.1) is 0 Å². The molecule has 0 bridgehead atoms. The number of amides is 1. The molecule has 2 atom stereocenters. The third kappa shape index (κ3) is 3.22. The summed E-state index contributed by atoms with van der Waals surface area (Å²) >= 11 is 0. The second-order valence-corrected chi connectivity index (χ2v) is 5.90. The highest BCUT2D eigenvalue weighted by Gasteiger charge is 2.43. The second kappa shape index (κ2) is 6.19. The van der Waals surface area contributed by atoms with Crippen molar-refractivity contribution >= 4 is 11.6 Å². The van der Waals surface area contributed by atoms with Crippen LogP contribution in [0.15, 0.2) is 48.5 Å². The normalized spacial score (nSPS) is 17.8. The highest BCUT2D eigenvalue weighted by Crippen LogP contribution is 2.34. The zero-order chi connectivity index (χ0) is 17.3. The molecule has 2 aromatic carbocycles. The van der Waals surface area contributed by atoms with Gasteiger partial charge in [0.2, 0.25) is 5.91 Å². The van der Waals surface area contributed by atoms with E-state index in [2.05, 4.69) is 10.6 Å². The number of halogens is 3. The fraction of sp³-hybridized carbons (Fsp3) is 0.278. The van der Waals surface area contributed by atoms with Crippen LogP contribution < -0.4 is 10.6 Å². The second-order valence-electron chi connectivity index (χ2n) is 5.90. The predicted molar refractivity (Wildman–Crippen MR) is 85.7 cm³/mol. The van der Waals surface area contributed by atoms with Crippen LogP contribution in [0.5, 0.6) is 0 Å². The molecule has 1 aliphatic heterocycles. The smallest absolute Gasteiger partial charge is 0.373 e. The molecule has 2 aromatic rings. The number of aryl methyl sites for hydroxylation is 1. The molecule has 0 saturated heterocycles. The standard InChI is InChI=1S/C18H17F3N2O/c1-11-6-5-9-13-10-14(22-15(11)13)17(24)23-16(18(19,20)21)12-7-3-2-4-8-12/h2-9,14,16,22H,10H2,1H3,(H,23,24)/t14?,16-/m1/s1. The molecule has 0 aromatic heterocycles. The van der Waals surface area contributed by atoms with E-state index in [4.69, 9.17) is 0 Å². The van der Waals surface area contributed by atoms with E-state index in [9.17, 15) is 18.0 Å². The Kier molecular flexibility index (Phi) is 4.22. The first-order valence-electron chi connectivity index (χ1n) is 7.63. The Labute approximate surface area is 137 Å². The van der Waals surface area contributed by atoms with Crippen molar-refractivity contribution in [3.63, 3.8) is 0 Å². The third-order valence-corrected chi connectivity index (χ3v) is 4.17. The molecule has 0 saturated carbocycles. The van der Waals surface area contributed by atoms with Gasteiger partial charge in [0.15, 0.2) is 6.04 Å². The SMILES string of the molecule is Cc1cccc2c1NC(C(=O)N[C@H](c1ccccc1)C(F)(F)F)C2. The Bertz CT molecular complexity index is 744. The molecular formula is C18H17F3N2O. The number of benzene rings is 2. The maximum absolute atomic E-state index is 13.3. The zero-order valence-electron chi connectivity index (χ0n) is 13.0. The average molecular weight is 334 g/mol. The Morgan fingerprint density at radius 3 is 2.50 bits per heavy atom. The van der Waals surface area contributed by atoms with Crippen molar-refractivity contribution in [2.45, 2.75) is 31.6 Å². The number of anilines is 1. The van der Waals surface area contributed by atoms with E-state index >= 15 is 0 Å². The molecule has 1 unspecified atom stereocenters. The van der Waals surface area contributed by atoms with E-state index in [0.29, 0.717) is 6.42 Å². The number of rotatable bonds is 3. The molecule has 6 heteroatoms. The maximum atomic E-state index is 13.3. The summed E-state index contributed by atoms with van der Waals surface area (Å²) in [5, 5.41) is 5.17. The van der Waals surface area contributed by atoms with E-state index in [0.717, 1.165) is 16.8 Å². The highest BCUT2D eigenvalue weighted by atomic mass is 19.4. The number of para-hydroxylation sites is 1. The molecule has 3 nitrogen and oxygen atoms in total. The molecule has 0 radical (unpaired) electrons. The molecule has 1 aliphatic rings. The van der Waals surface area contributed by atoms with Crippen molar-refractivity contribution in [3.05, 3.63) is 65.2 Å². The number of nitrogens with one attached hydrogen (secondary N) is 2. The molecule has 2 N–H and O–H groups in total. The summed E-state index contributed by atoms with van der Waals surface area (Å²) in [6.07, 6.45) is -4.18. The van der Waals surface area contributed by atoms with E-state index in [1.54, 1.807) is 6.07 Å². The molecular weight excluding hydrogens is 317 g/mol. The number of carbonyl (C=O) groups excluding carboxylic acids is 1. The molecule has 1 heterocycles. The lowest BCUT2D eigenvalue weighted by atomic mass is 10.0. The van der Waals surface area contributed by atoms with Crippen LogP contribution in [0.4, 0.5) is 18.9 Å². The van der Waals surface area contributed by atoms with Gasteiger partial charge in [-0.05, 0) is 23.6 Å². The van der Waals surface area contributed by atoms with Crippen LogP contribution in [0.3, 0.4) is 0 Å². The minimum absolute atomic E-state index is 0.0186. The first-order valence-corrected chi connectivity index (χ1v) is 7.63. The first-order chi connectivity index (χ1) is 11.4. The van der Waals surface area contributed by atoms with Crippen molar-refractivity contribution in [1.29, 1.82) is 0 Å². The minimum atomic E-state index is -4.56. The quantitative estimate of drug-likeness (QED) is 0.897.